The molecule has 1 aliphatic rings. The van der Waals surface area contributed by atoms with Gasteiger partial charge in [-0.1, -0.05) is 60.3 Å². The highest BCUT2D eigenvalue weighted by Crippen LogP contribution is 2.32. The number of carbonyl (C=O) groups is 3. The van der Waals surface area contributed by atoms with Gasteiger partial charge in [0.25, 0.3) is 0 Å². The Morgan fingerprint density at radius 3 is 2.45 bits per heavy atom. The van der Waals surface area contributed by atoms with E-state index in [0.717, 1.165) is 11.3 Å². The van der Waals surface area contributed by atoms with Crippen molar-refractivity contribution in [2.75, 3.05) is 11.1 Å². The first-order chi connectivity index (χ1) is 16.0. The molecule has 0 spiro atoms. The SMILES string of the molecule is Cc1cccc(-n2ccnc2SCC(=O)Nc2cccc3c2C(=O)c2ccccc2C3=O)c1. The first-order valence-electron chi connectivity index (χ1n) is 10.4. The summed E-state index contributed by atoms with van der Waals surface area (Å²) in [6.07, 6.45) is 3.54. The van der Waals surface area contributed by atoms with E-state index in [1.54, 1.807) is 48.7 Å². The van der Waals surface area contributed by atoms with Gasteiger partial charge in [0.15, 0.2) is 16.7 Å². The third-order valence-corrected chi connectivity index (χ3v) is 6.41. The summed E-state index contributed by atoms with van der Waals surface area (Å²) in [6, 6.07) is 19.7. The number of ketones is 2. The summed E-state index contributed by atoms with van der Waals surface area (Å²) in [6.45, 7) is 2.02. The van der Waals surface area contributed by atoms with E-state index in [1.807, 2.05) is 42.0 Å². The lowest BCUT2D eigenvalue weighted by Crippen LogP contribution is -2.24. The summed E-state index contributed by atoms with van der Waals surface area (Å²) < 4.78 is 1.93. The average Bonchev–Trinajstić information content (AvgIpc) is 3.30. The van der Waals surface area contributed by atoms with Crippen molar-refractivity contribution in [1.29, 1.82) is 0 Å². The molecule has 1 aliphatic carbocycles. The molecular formula is C26H19N3O3S. The van der Waals surface area contributed by atoms with Crippen molar-refractivity contribution < 1.29 is 14.4 Å². The molecule has 1 heterocycles. The summed E-state index contributed by atoms with van der Waals surface area (Å²) >= 11 is 1.30. The Balaban J connectivity index is 1.35. The van der Waals surface area contributed by atoms with Crippen LogP contribution in [0.3, 0.4) is 0 Å². The number of fused-ring (bicyclic) bond motifs is 2. The van der Waals surface area contributed by atoms with Gasteiger partial charge < -0.3 is 5.32 Å². The zero-order chi connectivity index (χ0) is 22.9. The van der Waals surface area contributed by atoms with Gasteiger partial charge in [-0.25, -0.2) is 4.98 Å². The highest BCUT2D eigenvalue weighted by Gasteiger charge is 2.31. The maximum Gasteiger partial charge on any atom is 0.234 e. The van der Waals surface area contributed by atoms with E-state index in [4.69, 9.17) is 0 Å². The number of aryl methyl sites for hydroxylation is 1. The van der Waals surface area contributed by atoms with Crippen LogP contribution in [0, 0.1) is 6.92 Å². The van der Waals surface area contributed by atoms with Crippen LogP contribution in [0.25, 0.3) is 5.69 Å². The monoisotopic (exact) mass is 453 g/mol. The number of carbonyl (C=O) groups excluding carboxylic acids is 3. The van der Waals surface area contributed by atoms with Gasteiger partial charge in [0, 0.05) is 34.8 Å². The Morgan fingerprint density at radius 2 is 1.67 bits per heavy atom. The van der Waals surface area contributed by atoms with Gasteiger partial charge in [0.1, 0.15) is 0 Å². The summed E-state index contributed by atoms with van der Waals surface area (Å²) in [5, 5.41) is 3.50. The molecule has 33 heavy (non-hydrogen) atoms. The van der Waals surface area contributed by atoms with E-state index < -0.39 is 0 Å². The normalized spacial score (nSPS) is 12.3. The zero-order valence-electron chi connectivity index (χ0n) is 17.7. The number of nitrogens with one attached hydrogen (secondary N) is 1. The van der Waals surface area contributed by atoms with Gasteiger partial charge in [-0.15, -0.1) is 0 Å². The number of benzene rings is 3. The quantitative estimate of drug-likeness (QED) is 0.391. The molecule has 4 aromatic rings. The van der Waals surface area contributed by atoms with Crippen LogP contribution in [-0.4, -0.2) is 32.8 Å². The van der Waals surface area contributed by atoms with E-state index in [0.29, 0.717) is 27.5 Å². The van der Waals surface area contributed by atoms with Crippen LogP contribution in [0.5, 0.6) is 0 Å². The predicted octanol–water partition coefficient (Wildman–Crippen LogP) is 4.69. The van der Waals surface area contributed by atoms with E-state index in [1.165, 1.54) is 11.8 Å². The number of aromatic nitrogens is 2. The molecule has 1 amide bonds. The first kappa shape index (κ1) is 20.9. The molecule has 0 saturated heterocycles. The maximum absolute atomic E-state index is 13.1. The minimum Gasteiger partial charge on any atom is -0.325 e. The molecule has 7 heteroatoms. The maximum atomic E-state index is 13.1. The van der Waals surface area contributed by atoms with Gasteiger partial charge in [-0.2, -0.15) is 0 Å². The summed E-state index contributed by atoms with van der Waals surface area (Å²) in [7, 11) is 0. The lowest BCUT2D eigenvalue weighted by Gasteiger charge is -2.20. The Hall–Kier alpha value is -3.97. The second-order valence-corrected chi connectivity index (χ2v) is 8.63. The van der Waals surface area contributed by atoms with Gasteiger partial charge >= 0.3 is 0 Å². The molecule has 162 valence electrons. The summed E-state index contributed by atoms with van der Waals surface area (Å²) in [4.78, 5) is 43.1. The van der Waals surface area contributed by atoms with Crippen molar-refractivity contribution in [2.24, 2.45) is 0 Å². The van der Waals surface area contributed by atoms with Crippen LogP contribution in [0.2, 0.25) is 0 Å². The number of rotatable bonds is 5. The molecule has 1 aromatic heterocycles. The second-order valence-electron chi connectivity index (χ2n) is 7.69. The largest absolute Gasteiger partial charge is 0.325 e. The van der Waals surface area contributed by atoms with Gasteiger partial charge in [-0.3, -0.25) is 19.0 Å². The zero-order valence-corrected chi connectivity index (χ0v) is 18.6. The van der Waals surface area contributed by atoms with Gasteiger partial charge in [0.05, 0.1) is 17.0 Å². The lowest BCUT2D eigenvalue weighted by molar-refractivity contribution is -0.113. The third kappa shape index (κ3) is 3.87. The van der Waals surface area contributed by atoms with Crippen molar-refractivity contribution in [3.63, 3.8) is 0 Å². The van der Waals surface area contributed by atoms with Gasteiger partial charge in [0.2, 0.25) is 5.91 Å². The molecule has 0 bridgehead atoms. The van der Waals surface area contributed by atoms with Crippen molar-refractivity contribution in [3.05, 3.63) is 107 Å². The lowest BCUT2D eigenvalue weighted by atomic mass is 9.83. The molecule has 0 atom stereocenters. The molecule has 0 unspecified atom stereocenters. The Bertz CT molecular complexity index is 1420. The summed E-state index contributed by atoms with van der Waals surface area (Å²) in [5.74, 6) is -0.665. The fraction of sp³-hybridized carbons (Fsp3) is 0.0769. The average molecular weight is 454 g/mol. The van der Waals surface area contributed by atoms with Crippen LogP contribution in [-0.2, 0) is 4.79 Å². The number of nitrogens with zero attached hydrogens (tertiary/aromatic N) is 2. The van der Waals surface area contributed by atoms with Gasteiger partial charge in [-0.05, 0) is 30.7 Å². The van der Waals surface area contributed by atoms with E-state index in [-0.39, 0.29) is 28.8 Å². The van der Waals surface area contributed by atoms with Crippen LogP contribution < -0.4 is 5.32 Å². The van der Waals surface area contributed by atoms with Crippen molar-refractivity contribution in [2.45, 2.75) is 12.1 Å². The summed E-state index contributed by atoms with van der Waals surface area (Å²) in [5.41, 5.74) is 3.72. The molecule has 0 fully saturated rings. The standard InChI is InChI=1S/C26H19N3O3S/c1-16-6-4-7-17(14-16)29-13-12-27-26(29)33-15-22(30)28-21-11-5-10-20-23(21)25(32)19-9-3-2-8-18(19)24(20)31/h2-14H,15H2,1H3,(H,28,30). The minimum absolute atomic E-state index is 0.102. The van der Waals surface area contributed by atoms with E-state index in [9.17, 15) is 14.4 Å². The molecule has 3 aromatic carbocycles. The van der Waals surface area contributed by atoms with Crippen molar-refractivity contribution in [1.82, 2.24) is 9.55 Å². The molecule has 0 saturated carbocycles. The predicted molar refractivity (Wildman–Crippen MR) is 127 cm³/mol. The Labute approximate surface area is 194 Å². The highest BCUT2D eigenvalue weighted by atomic mass is 32.2. The molecule has 5 rings (SSSR count). The smallest absolute Gasteiger partial charge is 0.234 e. The van der Waals surface area contributed by atoms with Crippen molar-refractivity contribution in [3.8, 4) is 5.69 Å². The molecule has 0 aliphatic heterocycles. The van der Waals surface area contributed by atoms with E-state index >= 15 is 0 Å². The number of imidazole rings is 1. The molecule has 1 N–H and O–H groups in total. The number of anilines is 1. The topological polar surface area (TPSA) is 81.1 Å². The third-order valence-electron chi connectivity index (χ3n) is 5.45. The minimum atomic E-state index is -0.286. The highest BCUT2D eigenvalue weighted by molar-refractivity contribution is 7.99. The Morgan fingerprint density at radius 1 is 0.939 bits per heavy atom. The molecule has 0 radical (unpaired) electrons. The van der Waals surface area contributed by atoms with Crippen LogP contribution in [0.15, 0.2) is 84.3 Å². The second kappa shape index (κ2) is 8.52. The first-order valence-corrected chi connectivity index (χ1v) is 11.4. The number of hydrogen-bond acceptors (Lipinski definition) is 5. The number of amides is 1. The number of hydrogen-bond donors (Lipinski definition) is 1. The van der Waals surface area contributed by atoms with Crippen molar-refractivity contribution >= 4 is 34.9 Å². The van der Waals surface area contributed by atoms with Crippen LogP contribution in [0.4, 0.5) is 5.69 Å². The Kier molecular flexibility index (Phi) is 5.40. The molecule has 6 nitrogen and oxygen atoms in total. The fourth-order valence-electron chi connectivity index (χ4n) is 3.94. The molecular weight excluding hydrogens is 434 g/mol. The van der Waals surface area contributed by atoms with E-state index in [2.05, 4.69) is 10.3 Å². The van der Waals surface area contributed by atoms with Crippen LogP contribution in [0.1, 0.15) is 37.4 Å². The number of thioether (sulfide) groups is 1. The fourth-order valence-corrected chi connectivity index (χ4v) is 4.71. The van der Waals surface area contributed by atoms with Crippen LogP contribution >= 0.6 is 11.8 Å².